The van der Waals surface area contributed by atoms with Gasteiger partial charge in [0.15, 0.2) is 0 Å². The number of amides is 1. The van der Waals surface area contributed by atoms with E-state index in [0.717, 1.165) is 5.82 Å². The van der Waals surface area contributed by atoms with Crippen molar-refractivity contribution in [1.29, 1.82) is 5.26 Å². The molecule has 1 amide bonds. The number of carbonyl (C=O) groups is 1. The molecular formula is C24H28ClFN6O2. The number of rotatable bonds is 9. The fourth-order valence-electron chi connectivity index (χ4n) is 3.54. The number of aliphatic hydroxyl groups is 1. The standard InChI is InChI=1S/C24H28ClFN6O2/c1-15(28-23(33)11-18-14-31(16(2)29-18)8-6-24(3,4)34)13-32-7-5-22(30-32)17-9-20(25)19(12-27)21(26)10-17/h5,7,9-10,14-15,34H,6,8,11,13H2,1-4H3,(H,28,33)/t15-/m0/s1. The van der Waals surface area contributed by atoms with Gasteiger partial charge in [0.2, 0.25) is 5.91 Å². The quantitative estimate of drug-likeness (QED) is 0.480. The molecule has 3 aromatic rings. The molecule has 0 saturated carbocycles. The number of nitriles is 1. The van der Waals surface area contributed by atoms with Crippen LogP contribution in [0.4, 0.5) is 4.39 Å². The number of imidazole rings is 1. The molecule has 0 fully saturated rings. The normalized spacial score (nSPS) is 12.4. The van der Waals surface area contributed by atoms with Crippen LogP contribution in [0.1, 0.15) is 44.3 Å². The zero-order chi connectivity index (χ0) is 25.0. The molecule has 2 aromatic heterocycles. The maximum Gasteiger partial charge on any atom is 0.226 e. The lowest BCUT2D eigenvalue weighted by Gasteiger charge is -2.17. The van der Waals surface area contributed by atoms with Crippen molar-refractivity contribution in [2.45, 2.75) is 65.3 Å². The van der Waals surface area contributed by atoms with Crippen molar-refractivity contribution >= 4 is 17.5 Å². The molecule has 1 atom stereocenters. The zero-order valence-corrected chi connectivity index (χ0v) is 20.4. The maximum absolute atomic E-state index is 14.1. The second-order valence-corrected chi connectivity index (χ2v) is 9.44. The molecule has 0 aliphatic carbocycles. The first-order chi connectivity index (χ1) is 15.9. The summed E-state index contributed by atoms with van der Waals surface area (Å²) in [6.07, 6.45) is 4.30. The number of hydrogen-bond acceptors (Lipinski definition) is 5. The number of benzene rings is 1. The minimum absolute atomic E-state index is 0.0328. The number of nitrogens with one attached hydrogen (secondary N) is 1. The summed E-state index contributed by atoms with van der Waals surface area (Å²) in [7, 11) is 0. The van der Waals surface area contributed by atoms with Crippen molar-refractivity contribution in [3.05, 3.63) is 58.5 Å². The first-order valence-corrected chi connectivity index (χ1v) is 11.3. The molecule has 0 aliphatic rings. The summed E-state index contributed by atoms with van der Waals surface area (Å²) < 4.78 is 17.6. The Balaban J connectivity index is 1.57. The van der Waals surface area contributed by atoms with E-state index in [1.807, 2.05) is 24.6 Å². The van der Waals surface area contributed by atoms with E-state index in [-0.39, 0.29) is 29.0 Å². The van der Waals surface area contributed by atoms with E-state index in [0.29, 0.717) is 36.5 Å². The fourth-order valence-corrected chi connectivity index (χ4v) is 3.79. The van der Waals surface area contributed by atoms with Crippen LogP contribution in [0.5, 0.6) is 0 Å². The third-order valence-corrected chi connectivity index (χ3v) is 5.59. The van der Waals surface area contributed by atoms with E-state index in [9.17, 15) is 14.3 Å². The van der Waals surface area contributed by atoms with Gasteiger partial charge in [0.25, 0.3) is 0 Å². The molecule has 0 radical (unpaired) electrons. The minimum Gasteiger partial charge on any atom is -0.390 e. The fraction of sp³-hybridized carbons (Fsp3) is 0.417. The SMILES string of the molecule is Cc1nc(CC(=O)N[C@@H](C)Cn2ccc(-c3cc(F)c(C#N)c(Cl)c3)n2)cn1CCC(C)(C)O. The number of hydrogen-bond donors (Lipinski definition) is 2. The number of aryl methyl sites for hydroxylation is 2. The van der Waals surface area contributed by atoms with Gasteiger partial charge < -0.3 is 15.0 Å². The Morgan fingerprint density at radius 2 is 2.15 bits per heavy atom. The van der Waals surface area contributed by atoms with E-state index in [2.05, 4.69) is 15.4 Å². The molecule has 0 aliphatic heterocycles. The molecule has 0 saturated heterocycles. The average molecular weight is 487 g/mol. The van der Waals surface area contributed by atoms with Crippen LogP contribution in [-0.2, 0) is 24.3 Å². The summed E-state index contributed by atoms with van der Waals surface area (Å²) in [4.78, 5) is 16.9. The van der Waals surface area contributed by atoms with Crippen LogP contribution in [0.15, 0.2) is 30.6 Å². The molecular weight excluding hydrogens is 459 g/mol. The van der Waals surface area contributed by atoms with Crippen molar-refractivity contribution in [1.82, 2.24) is 24.6 Å². The molecule has 3 rings (SSSR count). The second kappa shape index (κ2) is 10.4. The molecule has 0 unspecified atom stereocenters. The van der Waals surface area contributed by atoms with E-state index in [1.54, 1.807) is 36.9 Å². The van der Waals surface area contributed by atoms with Gasteiger partial charge in [0.1, 0.15) is 23.3 Å². The lowest BCUT2D eigenvalue weighted by molar-refractivity contribution is -0.121. The largest absolute Gasteiger partial charge is 0.390 e. The summed E-state index contributed by atoms with van der Waals surface area (Å²) in [6, 6.07) is 5.98. The minimum atomic E-state index is -0.767. The Morgan fingerprint density at radius 3 is 2.79 bits per heavy atom. The van der Waals surface area contributed by atoms with Crippen LogP contribution in [0.3, 0.4) is 0 Å². The van der Waals surface area contributed by atoms with Gasteiger partial charge >= 0.3 is 0 Å². The Morgan fingerprint density at radius 1 is 1.41 bits per heavy atom. The Bertz CT molecular complexity index is 1200. The average Bonchev–Trinajstić information content (AvgIpc) is 3.31. The first-order valence-electron chi connectivity index (χ1n) is 10.9. The molecule has 2 heterocycles. The highest BCUT2D eigenvalue weighted by atomic mass is 35.5. The number of halogens is 2. The highest BCUT2D eigenvalue weighted by Crippen LogP contribution is 2.26. The van der Waals surface area contributed by atoms with Gasteiger partial charge in [-0.25, -0.2) is 9.37 Å². The molecule has 0 bridgehead atoms. The van der Waals surface area contributed by atoms with E-state index < -0.39 is 11.4 Å². The molecule has 34 heavy (non-hydrogen) atoms. The number of nitrogens with zero attached hydrogens (tertiary/aromatic N) is 5. The van der Waals surface area contributed by atoms with Gasteiger partial charge in [-0.1, -0.05) is 11.6 Å². The van der Waals surface area contributed by atoms with Crippen LogP contribution in [0.2, 0.25) is 5.02 Å². The van der Waals surface area contributed by atoms with Crippen LogP contribution >= 0.6 is 11.6 Å². The Kier molecular flexibility index (Phi) is 7.75. The summed E-state index contributed by atoms with van der Waals surface area (Å²) >= 11 is 5.99. The van der Waals surface area contributed by atoms with Crippen molar-refractivity contribution in [2.24, 2.45) is 0 Å². The first kappa shape index (κ1) is 25.4. The number of aromatic nitrogens is 4. The molecule has 10 heteroatoms. The molecule has 1 aromatic carbocycles. The van der Waals surface area contributed by atoms with Gasteiger partial charge in [0, 0.05) is 30.5 Å². The molecule has 0 spiro atoms. The van der Waals surface area contributed by atoms with Crippen molar-refractivity contribution in [3.63, 3.8) is 0 Å². The summed E-state index contributed by atoms with van der Waals surface area (Å²) in [6.45, 7) is 8.29. The van der Waals surface area contributed by atoms with Gasteiger partial charge in [-0.2, -0.15) is 10.4 Å². The smallest absolute Gasteiger partial charge is 0.226 e. The molecule has 8 nitrogen and oxygen atoms in total. The van der Waals surface area contributed by atoms with Gasteiger partial charge in [-0.05, 0) is 52.3 Å². The Hall–Kier alpha value is -3.22. The monoisotopic (exact) mass is 486 g/mol. The zero-order valence-electron chi connectivity index (χ0n) is 19.6. The highest BCUT2D eigenvalue weighted by Gasteiger charge is 2.16. The lowest BCUT2D eigenvalue weighted by atomic mass is 10.1. The lowest BCUT2D eigenvalue weighted by Crippen LogP contribution is -2.36. The predicted octanol–water partition coefficient (Wildman–Crippen LogP) is 3.63. The summed E-state index contributed by atoms with van der Waals surface area (Å²) in [5.41, 5.74) is 0.678. The van der Waals surface area contributed by atoms with E-state index >= 15 is 0 Å². The van der Waals surface area contributed by atoms with Gasteiger partial charge in [-0.3, -0.25) is 9.48 Å². The van der Waals surface area contributed by atoms with Crippen LogP contribution < -0.4 is 5.32 Å². The molecule has 2 N–H and O–H groups in total. The van der Waals surface area contributed by atoms with Gasteiger partial charge in [-0.15, -0.1) is 0 Å². The third-order valence-electron chi connectivity index (χ3n) is 5.29. The second-order valence-electron chi connectivity index (χ2n) is 9.03. The van der Waals surface area contributed by atoms with E-state index in [1.165, 1.54) is 12.1 Å². The van der Waals surface area contributed by atoms with Crippen molar-refractivity contribution < 1.29 is 14.3 Å². The topological polar surface area (TPSA) is 109 Å². The highest BCUT2D eigenvalue weighted by molar-refractivity contribution is 6.32. The third kappa shape index (κ3) is 6.65. The van der Waals surface area contributed by atoms with Crippen LogP contribution in [0, 0.1) is 24.1 Å². The summed E-state index contributed by atoms with van der Waals surface area (Å²) in [5.74, 6) is -0.0607. The summed E-state index contributed by atoms with van der Waals surface area (Å²) in [5, 5.41) is 26.3. The van der Waals surface area contributed by atoms with Gasteiger partial charge in [0.05, 0.1) is 35.0 Å². The van der Waals surface area contributed by atoms with Crippen molar-refractivity contribution in [3.8, 4) is 17.3 Å². The van der Waals surface area contributed by atoms with E-state index in [4.69, 9.17) is 16.9 Å². The van der Waals surface area contributed by atoms with Crippen molar-refractivity contribution in [2.75, 3.05) is 0 Å². The van der Waals surface area contributed by atoms with Crippen LogP contribution in [0.25, 0.3) is 11.3 Å². The van der Waals surface area contributed by atoms with Crippen LogP contribution in [-0.4, -0.2) is 42.0 Å². The number of carbonyl (C=O) groups excluding carboxylic acids is 1. The predicted molar refractivity (Wildman–Crippen MR) is 127 cm³/mol. The molecule has 180 valence electrons. The Labute approximate surface area is 203 Å². The maximum atomic E-state index is 14.1.